The molecule has 1 unspecified atom stereocenters. The van der Waals surface area contributed by atoms with Crippen molar-refractivity contribution in [3.05, 3.63) is 77.0 Å². The summed E-state index contributed by atoms with van der Waals surface area (Å²) >= 11 is 6.06. The lowest BCUT2D eigenvalue weighted by Crippen LogP contribution is -2.29. The van der Waals surface area contributed by atoms with E-state index in [2.05, 4.69) is 0 Å². The molecule has 0 aliphatic carbocycles. The molecule has 0 aromatic heterocycles. The number of carbonyl (C=O) groups excluding carboxylic acids is 1. The van der Waals surface area contributed by atoms with Crippen molar-refractivity contribution in [2.75, 3.05) is 4.90 Å². The van der Waals surface area contributed by atoms with Gasteiger partial charge in [-0.2, -0.15) is 0 Å². The highest BCUT2D eigenvalue weighted by molar-refractivity contribution is 6.30. The van der Waals surface area contributed by atoms with Gasteiger partial charge in [-0.1, -0.05) is 23.7 Å². The fourth-order valence-corrected chi connectivity index (χ4v) is 2.86. The van der Waals surface area contributed by atoms with Gasteiger partial charge in [0, 0.05) is 23.3 Å². The number of carboxylic acid groups (broad SMARTS) is 1. The van der Waals surface area contributed by atoms with Gasteiger partial charge in [-0.25, -0.2) is 4.79 Å². The molecule has 1 aliphatic heterocycles. The summed E-state index contributed by atoms with van der Waals surface area (Å²) in [5.41, 5.74) is 1.99. The van der Waals surface area contributed by atoms with Crippen LogP contribution in [0.5, 0.6) is 0 Å². The molecule has 23 heavy (non-hydrogen) atoms. The summed E-state index contributed by atoms with van der Waals surface area (Å²) in [5, 5.41) is 9.61. The Morgan fingerprint density at radius 2 is 1.91 bits per heavy atom. The van der Waals surface area contributed by atoms with E-state index in [0.717, 1.165) is 11.3 Å². The van der Waals surface area contributed by atoms with Crippen LogP contribution in [0.3, 0.4) is 0 Å². The maximum atomic E-state index is 11.8. The molecule has 116 valence electrons. The van der Waals surface area contributed by atoms with Crippen molar-refractivity contribution in [2.24, 2.45) is 0 Å². The topological polar surface area (TPSA) is 57.6 Å². The molecule has 0 saturated carbocycles. The molecule has 1 N–H and O–H groups in total. The number of carbonyl (C=O) groups is 2. The van der Waals surface area contributed by atoms with Crippen molar-refractivity contribution in [3.8, 4) is 0 Å². The lowest BCUT2D eigenvalue weighted by Gasteiger charge is -2.33. The second-order valence-corrected chi connectivity index (χ2v) is 5.75. The van der Waals surface area contributed by atoms with E-state index in [1.54, 1.807) is 36.5 Å². The van der Waals surface area contributed by atoms with Crippen molar-refractivity contribution in [3.63, 3.8) is 0 Å². The highest BCUT2D eigenvalue weighted by Gasteiger charge is 2.25. The van der Waals surface area contributed by atoms with E-state index in [4.69, 9.17) is 16.7 Å². The molecule has 2 aromatic rings. The van der Waals surface area contributed by atoms with Crippen LogP contribution < -0.4 is 4.90 Å². The normalized spacial score (nSPS) is 17.3. The summed E-state index contributed by atoms with van der Waals surface area (Å²) in [7, 11) is 0. The summed E-state index contributed by atoms with van der Waals surface area (Å²) in [4.78, 5) is 24.8. The van der Waals surface area contributed by atoms with Crippen molar-refractivity contribution < 1.29 is 14.7 Å². The predicted octanol–water partition coefficient (Wildman–Crippen LogP) is 4.07. The number of hydrogen-bond acceptors (Lipinski definition) is 3. The zero-order valence-electron chi connectivity index (χ0n) is 12.1. The van der Waals surface area contributed by atoms with Gasteiger partial charge in [0.05, 0.1) is 11.6 Å². The van der Waals surface area contributed by atoms with Crippen molar-refractivity contribution in [1.82, 2.24) is 0 Å². The number of hydrogen-bond donors (Lipinski definition) is 1. The van der Waals surface area contributed by atoms with E-state index in [9.17, 15) is 9.59 Å². The molecule has 1 aliphatic rings. The minimum Gasteiger partial charge on any atom is -0.478 e. The molecule has 0 amide bonds. The molecule has 0 radical (unpaired) electrons. The Hall–Kier alpha value is -2.59. The third-order valence-corrected chi connectivity index (χ3v) is 4.03. The second-order valence-electron chi connectivity index (χ2n) is 5.32. The van der Waals surface area contributed by atoms with Gasteiger partial charge in [0.2, 0.25) is 0 Å². The van der Waals surface area contributed by atoms with Crippen LogP contribution in [-0.4, -0.2) is 16.9 Å². The molecule has 1 atom stereocenters. The third kappa shape index (κ3) is 3.27. The number of allylic oxidation sites excluding steroid dienone is 1. The SMILES string of the molecule is O=C1C=CN(c2ccc(C(=O)O)cc2)C(c2cccc(Cl)c2)C1. The molecule has 5 heteroatoms. The van der Waals surface area contributed by atoms with Crippen LogP contribution in [0.25, 0.3) is 0 Å². The summed E-state index contributed by atoms with van der Waals surface area (Å²) < 4.78 is 0. The third-order valence-electron chi connectivity index (χ3n) is 3.80. The number of benzene rings is 2. The van der Waals surface area contributed by atoms with E-state index in [0.29, 0.717) is 11.4 Å². The van der Waals surface area contributed by atoms with Crippen LogP contribution in [0.2, 0.25) is 5.02 Å². The summed E-state index contributed by atoms with van der Waals surface area (Å²) in [5.74, 6) is -0.916. The van der Waals surface area contributed by atoms with E-state index >= 15 is 0 Å². The van der Waals surface area contributed by atoms with Crippen LogP contribution in [0.15, 0.2) is 60.8 Å². The fraction of sp³-hybridized carbons (Fsp3) is 0.111. The smallest absolute Gasteiger partial charge is 0.335 e. The maximum Gasteiger partial charge on any atom is 0.335 e. The van der Waals surface area contributed by atoms with Gasteiger partial charge in [0.25, 0.3) is 0 Å². The number of carboxylic acids is 1. The molecule has 2 aromatic carbocycles. The lowest BCUT2D eigenvalue weighted by molar-refractivity contribution is -0.115. The van der Waals surface area contributed by atoms with E-state index in [-0.39, 0.29) is 17.4 Å². The summed E-state index contributed by atoms with van der Waals surface area (Å²) in [6, 6.07) is 13.8. The zero-order valence-corrected chi connectivity index (χ0v) is 12.9. The average Bonchev–Trinajstić information content (AvgIpc) is 2.55. The van der Waals surface area contributed by atoms with Gasteiger partial charge in [0.1, 0.15) is 0 Å². The average molecular weight is 328 g/mol. The first-order chi connectivity index (χ1) is 11.0. The molecule has 1 heterocycles. The van der Waals surface area contributed by atoms with E-state index < -0.39 is 5.97 Å². The molecular formula is C18H14ClNO3. The van der Waals surface area contributed by atoms with Crippen molar-refractivity contribution in [2.45, 2.75) is 12.5 Å². The van der Waals surface area contributed by atoms with Crippen LogP contribution in [0.1, 0.15) is 28.4 Å². The fourth-order valence-electron chi connectivity index (χ4n) is 2.66. The molecule has 4 nitrogen and oxygen atoms in total. The van der Waals surface area contributed by atoms with Crippen LogP contribution in [-0.2, 0) is 4.79 Å². The number of nitrogens with zero attached hydrogens (tertiary/aromatic N) is 1. The van der Waals surface area contributed by atoms with Gasteiger partial charge in [-0.15, -0.1) is 0 Å². The molecule has 0 spiro atoms. The number of anilines is 1. The standard InChI is InChI=1S/C18H14ClNO3/c19-14-3-1-2-13(10-14)17-11-16(21)8-9-20(17)15-6-4-12(5-7-15)18(22)23/h1-10,17H,11H2,(H,22,23). The Balaban J connectivity index is 1.98. The van der Waals surface area contributed by atoms with Gasteiger partial charge in [-0.3, -0.25) is 4.79 Å². The minimum atomic E-state index is -0.965. The molecule has 0 bridgehead atoms. The predicted molar refractivity (Wildman–Crippen MR) is 88.8 cm³/mol. The van der Waals surface area contributed by atoms with Crippen LogP contribution in [0.4, 0.5) is 5.69 Å². The molecule has 3 rings (SSSR count). The van der Waals surface area contributed by atoms with Crippen molar-refractivity contribution >= 4 is 29.0 Å². The Labute approximate surface area is 138 Å². The Morgan fingerprint density at radius 1 is 1.17 bits per heavy atom. The summed E-state index contributed by atoms with van der Waals surface area (Å²) in [6.07, 6.45) is 3.61. The Kier molecular flexibility index (Phi) is 4.17. The minimum absolute atomic E-state index is 0.0494. The van der Waals surface area contributed by atoms with Gasteiger partial charge >= 0.3 is 5.97 Å². The number of rotatable bonds is 3. The first kappa shape index (κ1) is 15.3. The van der Waals surface area contributed by atoms with Crippen LogP contribution >= 0.6 is 11.6 Å². The number of aromatic carboxylic acids is 1. The zero-order chi connectivity index (χ0) is 16.4. The number of halogens is 1. The largest absolute Gasteiger partial charge is 0.478 e. The quantitative estimate of drug-likeness (QED) is 0.923. The lowest BCUT2D eigenvalue weighted by atomic mass is 9.96. The first-order valence-corrected chi connectivity index (χ1v) is 7.50. The van der Waals surface area contributed by atoms with E-state index in [1.807, 2.05) is 23.1 Å². The van der Waals surface area contributed by atoms with Gasteiger partial charge < -0.3 is 10.0 Å². The highest BCUT2D eigenvalue weighted by atomic mass is 35.5. The summed E-state index contributed by atoms with van der Waals surface area (Å²) in [6.45, 7) is 0. The van der Waals surface area contributed by atoms with E-state index in [1.165, 1.54) is 6.08 Å². The second kappa shape index (κ2) is 6.26. The molecule has 0 saturated heterocycles. The Bertz CT molecular complexity index is 783. The maximum absolute atomic E-state index is 11.8. The van der Waals surface area contributed by atoms with Crippen LogP contribution in [0, 0.1) is 0 Å². The number of ketones is 1. The van der Waals surface area contributed by atoms with Gasteiger partial charge in [-0.05, 0) is 48.0 Å². The van der Waals surface area contributed by atoms with Gasteiger partial charge in [0.15, 0.2) is 5.78 Å². The van der Waals surface area contributed by atoms with Crippen molar-refractivity contribution in [1.29, 1.82) is 0 Å². The Morgan fingerprint density at radius 3 is 2.57 bits per heavy atom. The first-order valence-electron chi connectivity index (χ1n) is 7.13. The highest BCUT2D eigenvalue weighted by Crippen LogP contribution is 2.34. The molecular weight excluding hydrogens is 314 g/mol. The molecule has 0 fully saturated rings. The monoisotopic (exact) mass is 327 g/mol.